The summed E-state index contributed by atoms with van der Waals surface area (Å²) < 4.78 is 20.6. The predicted octanol–water partition coefficient (Wildman–Crippen LogP) is 4.17. The molecule has 2 aromatic carbocycles. The van der Waals surface area contributed by atoms with Gasteiger partial charge >= 0.3 is 0 Å². The number of carbonyl (C=O) groups excluding carboxylic acids is 1. The van der Waals surface area contributed by atoms with Gasteiger partial charge in [0.1, 0.15) is 11.6 Å². The number of amides is 1. The first-order valence-corrected chi connectivity index (χ1v) is 9.90. The smallest absolute Gasteiger partial charge is 0.274 e. The lowest BCUT2D eigenvalue weighted by atomic mass is 10.1. The van der Waals surface area contributed by atoms with E-state index < -0.39 is 0 Å². The molecule has 1 heterocycles. The highest BCUT2D eigenvalue weighted by atomic mass is 19.1. The average molecular weight is 393 g/mol. The maximum absolute atomic E-state index is 13.3. The number of nitrogens with zero attached hydrogens (tertiary/aromatic N) is 3. The molecule has 5 nitrogen and oxygen atoms in total. The lowest BCUT2D eigenvalue weighted by Crippen LogP contribution is -2.27. The Labute approximate surface area is 169 Å². The zero-order chi connectivity index (χ0) is 20.4. The zero-order valence-electron chi connectivity index (χ0n) is 16.7. The number of hydrogen-bond acceptors (Lipinski definition) is 3. The lowest BCUT2D eigenvalue weighted by molar-refractivity contribution is 0.0777. The summed E-state index contributed by atoms with van der Waals surface area (Å²) in [5.41, 5.74) is 4.36. The number of aromatic nitrogens is 2. The Kier molecular flexibility index (Phi) is 5.34. The van der Waals surface area contributed by atoms with Crippen molar-refractivity contribution < 1.29 is 13.9 Å². The van der Waals surface area contributed by atoms with Crippen LogP contribution in [0.25, 0.3) is 5.69 Å². The normalized spacial score (nSPS) is 12.7. The molecule has 0 atom stereocenters. The third-order valence-corrected chi connectivity index (χ3v) is 5.20. The number of carbonyl (C=O) groups is 1. The maximum Gasteiger partial charge on any atom is 0.274 e. The van der Waals surface area contributed by atoms with E-state index in [9.17, 15) is 9.18 Å². The number of hydrogen-bond donors (Lipinski definition) is 0. The molecular weight excluding hydrogens is 369 g/mol. The van der Waals surface area contributed by atoms with Gasteiger partial charge in [0.15, 0.2) is 5.69 Å². The molecule has 0 bridgehead atoms. The number of benzene rings is 2. The van der Waals surface area contributed by atoms with Crippen molar-refractivity contribution in [1.82, 2.24) is 14.7 Å². The summed E-state index contributed by atoms with van der Waals surface area (Å²) in [6, 6.07) is 14.0. The van der Waals surface area contributed by atoms with Crippen LogP contribution in [0, 0.1) is 5.82 Å². The highest BCUT2D eigenvalue weighted by molar-refractivity contribution is 5.94. The first kappa shape index (κ1) is 19.2. The Morgan fingerprint density at radius 2 is 1.86 bits per heavy atom. The van der Waals surface area contributed by atoms with Crippen LogP contribution in [0.2, 0.25) is 0 Å². The molecule has 0 saturated carbocycles. The van der Waals surface area contributed by atoms with E-state index in [1.165, 1.54) is 12.1 Å². The van der Waals surface area contributed by atoms with Gasteiger partial charge in [0, 0.05) is 24.8 Å². The minimum atomic E-state index is -0.288. The summed E-state index contributed by atoms with van der Waals surface area (Å²) >= 11 is 0. The molecule has 1 aromatic heterocycles. The van der Waals surface area contributed by atoms with Gasteiger partial charge in [-0.05, 0) is 68.1 Å². The summed E-state index contributed by atoms with van der Waals surface area (Å²) in [5.74, 6) is 0.433. The van der Waals surface area contributed by atoms with Crippen molar-refractivity contribution in [1.29, 1.82) is 0 Å². The van der Waals surface area contributed by atoms with Crippen LogP contribution in [-0.2, 0) is 19.4 Å². The second-order valence-corrected chi connectivity index (χ2v) is 7.25. The summed E-state index contributed by atoms with van der Waals surface area (Å²) in [6.45, 7) is 3.06. The molecular formula is C23H24FN3O2. The Morgan fingerprint density at radius 1 is 1.14 bits per heavy atom. The molecule has 6 heteroatoms. The summed E-state index contributed by atoms with van der Waals surface area (Å²) in [7, 11) is 1.79. The average Bonchev–Trinajstić information content (AvgIpc) is 3.33. The van der Waals surface area contributed by atoms with Gasteiger partial charge < -0.3 is 9.64 Å². The van der Waals surface area contributed by atoms with E-state index >= 15 is 0 Å². The Morgan fingerprint density at radius 3 is 2.55 bits per heavy atom. The minimum absolute atomic E-state index is 0.0992. The van der Waals surface area contributed by atoms with Crippen LogP contribution in [0.3, 0.4) is 0 Å². The van der Waals surface area contributed by atoms with Gasteiger partial charge in [-0.1, -0.05) is 12.1 Å². The van der Waals surface area contributed by atoms with Crippen molar-refractivity contribution in [3.8, 4) is 11.4 Å². The molecule has 4 rings (SSSR count). The van der Waals surface area contributed by atoms with Crippen molar-refractivity contribution in [2.75, 3.05) is 13.7 Å². The van der Waals surface area contributed by atoms with E-state index in [0.29, 0.717) is 18.8 Å². The molecule has 0 radical (unpaired) electrons. The van der Waals surface area contributed by atoms with E-state index in [0.717, 1.165) is 47.5 Å². The monoisotopic (exact) mass is 393 g/mol. The molecule has 0 aliphatic heterocycles. The molecule has 1 aliphatic rings. The highest BCUT2D eigenvalue weighted by Crippen LogP contribution is 2.29. The molecule has 0 spiro atoms. The Balaban J connectivity index is 1.56. The first-order valence-electron chi connectivity index (χ1n) is 9.90. The summed E-state index contributed by atoms with van der Waals surface area (Å²) in [4.78, 5) is 14.8. The molecule has 0 N–H and O–H groups in total. The van der Waals surface area contributed by atoms with E-state index in [1.54, 1.807) is 28.8 Å². The van der Waals surface area contributed by atoms with Crippen molar-refractivity contribution >= 4 is 5.91 Å². The fourth-order valence-electron chi connectivity index (χ4n) is 3.79. The molecule has 0 saturated heterocycles. The second-order valence-electron chi connectivity index (χ2n) is 7.25. The van der Waals surface area contributed by atoms with Crippen LogP contribution >= 0.6 is 0 Å². The first-order chi connectivity index (χ1) is 14.1. The Hall–Kier alpha value is -3.15. The summed E-state index contributed by atoms with van der Waals surface area (Å²) in [5, 5.41) is 4.62. The van der Waals surface area contributed by atoms with Gasteiger partial charge in [-0.3, -0.25) is 4.79 Å². The van der Waals surface area contributed by atoms with E-state index in [2.05, 4.69) is 5.10 Å². The van der Waals surface area contributed by atoms with Gasteiger partial charge in [-0.25, -0.2) is 9.07 Å². The van der Waals surface area contributed by atoms with Gasteiger partial charge in [0.25, 0.3) is 5.91 Å². The zero-order valence-corrected chi connectivity index (χ0v) is 16.7. The van der Waals surface area contributed by atoms with Gasteiger partial charge in [0.2, 0.25) is 0 Å². The molecule has 29 heavy (non-hydrogen) atoms. The van der Waals surface area contributed by atoms with Crippen LogP contribution in [0.5, 0.6) is 5.75 Å². The summed E-state index contributed by atoms with van der Waals surface area (Å²) in [6.07, 6.45) is 2.71. The fourth-order valence-corrected chi connectivity index (χ4v) is 3.79. The molecule has 1 aliphatic carbocycles. The third kappa shape index (κ3) is 3.88. The largest absolute Gasteiger partial charge is 0.494 e. The molecule has 0 fully saturated rings. The van der Waals surface area contributed by atoms with Gasteiger partial charge in [0.05, 0.1) is 12.3 Å². The van der Waals surface area contributed by atoms with E-state index in [-0.39, 0.29) is 11.7 Å². The highest BCUT2D eigenvalue weighted by Gasteiger charge is 2.28. The van der Waals surface area contributed by atoms with Crippen LogP contribution in [-0.4, -0.2) is 34.2 Å². The standard InChI is InChI=1S/C23H24FN3O2/c1-3-29-19-13-7-16(8-14-19)15-26(2)23(28)22-20-5-4-6-21(20)27(25-22)18-11-9-17(24)10-12-18/h7-14H,3-6,15H2,1-2H3. The van der Waals surface area contributed by atoms with Crippen LogP contribution < -0.4 is 4.74 Å². The van der Waals surface area contributed by atoms with Crippen molar-refractivity contribution in [2.24, 2.45) is 0 Å². The van der Waals surface area contributed by atoms with Gasteiger partial charge in [-0.2, -0.15) is 5.10 Å². The number of ether oxygens (including phenoxy) is 1. The van der Waals surface area contributed by atoms with Crippen LogP contribution in [0.15, 0.2) is 48.5 Å². The number of fused-ring (bicyclic) bond motifs is 1. The topological polar surface area (TPSA) is 47.4 Å². The number of rotatable bonds is 6. The van der Waals surface area contributed by atoms with E-state index in [4.69, 9.17) is 4.74 Å². The fraction of sp³-hybridized carbons (Fsp3) is 0.304. The van der Waals surface area contributed by atoms with Crippen molar-refractivity contribution in [3.05, 3.63) is 76.9 Å². The quantitative estimate of drug-likeness (QED) is 0.631. The maximum atomic E-state index is 13.3. The number of halogens is 1. The van der Waals surface area contributed by atoms with Crippen molar-refractivity contribution in [2.45, 2.75) is 32.7 Å². The van der Waals surface area contributed by atoms with Crippen molar-refractivity contribution in [3.63, 3.8) is 0 Å². The Bertz CT molecular complexity index is 1010. The third-order valence-electron chi connectivity index (χ3n) is 5.20. The predicted molar refractivity (Wildman–Crippen MR) is 109 cm³/mol. The van der Waals surface area contributed by atoms with Crippen LogP contribution in [0.4, 0.5) is 4.39 Å². The molecule has 0 unspecified atom stereocenters. The molecule has 1 amide bonds. The van der Waals surface area contributed by atoms with E-state index in [1.807, 2.05) is 31.2 Å². The lowest BCUT2D eigenvalue weighted by Gasteiger charge is -2.17. The van der Waals surface area contributed by atoms with Gasteiger partial charge in [-0.15, -0.1) is 0 Å². The molecule has 150 valence electrons. The second kappa shape index (κ2) is 8.07. The molecule has 3 aromatic rings. The SMILES string of the molecule is CCOc1ccc(CN(C)C(=O)c2nn(-c3ccc(F)cc3)c3c2CCC3)cc1. The minimum Gasteiger partial charge on any atom is -0.494 e. The van der Waals surface area contributed by atoms with Crippen LogP contribution in [0.1, 0.15) is 40.7 Å².